The van der Waals surface area contributed by atoms with Crippen molar-refractivity contribution in [1.29, 1.82) is 0 Å². The minimum Gasteiger partial charge on any atom is -0.371 e. The summed E-state index contributed by atoms with van der Waals surface area (Å²) in [7, 11) is 4.50. The summed E-state index contributed by atoms with van der Waals surface area (Å²) >= 11 is 3.79. The van der Waals surface area contributed by atoms with E-state index in [2.05, 4.69) is 53.1 Å². The van der Waals surface area contributed by atoms with Crippen LogP contribution in [0.4, 0.5) is 8.78 Å². The number of halogens is 2. The molecule has 2 aromatic carbocycles. The minimum absolute atomic E-state index is 0.0648. The van der Waals surface area contributed by atoms with E-state index in [1.807, 2.05) is 25.1 Å². The number of rotatable bonds is 4. The molecule has 2 N–H and O–H groups in total. The van der Waals surface area contributed by atoms with Crippen LogP contribution in [0.5, 0.6) is 0 Å². The van der Waals surface area contributed by atoms with Crippen LogP contribution in [-0.4, -0.2) is 61.2 Å². The highest BCUT2D eigenvalue weighted by Crippen LogP contribution is 2.32. The third-order valence-electron chi connectivity index (χ3n) is 5.77. The van der Waals surface area contributed by atoms with Crippen LogP contribution in [0.1, 0.15) is 24.5 Å². The van der Waals surface area contributed by atoms with Crippen molar-refractivity contribution in [3.05, 3.63) is 53.6 Å². The normalized spacial score (nSPS) is 23.5. The summed E-state index contributed by atoms with van der Waals surface area (Å²) < 4.78 is 32.4. The molecule has 33 heavy (non-hydrogen) atoms. The maximum absolute atomic E-state index is 13.9. The van der Waals surface area contributed by atoms with Gasteiger partial charge in [-0.2, -0.15) is 12.6 Å². The van der Waals surface area contributed by atoms with Crippen LogP contribution in [0.3, 0.4) is 0 Å². The molecule has 0 amide bonds. The largest absolute Gasteiger partial charge is 0.371 e. The van der Waals surface area contributed by atoms with Crippen molar-refractivity contribution in [3.8, 4) is 11.1 Å². The number of nitrogens with zero attached hydrogens (tertiary/aromatic N) is 1. The molecule has 4 unspecified atom stereocenters. The maximum Gasteiger partial charge on any atom is 0.276 e. The van der Waals surface area contributed by atoms with Gasteiger partial charge in [0.05, 0.1) is 19.2 Å². The van der Waals surface area contributed by atoms with Gasteiger partial charge in [0.2, 0.25) is 0 Å². The van der Waals surface area contributed by atoms with Gasteiger partial charge >= 0.3 is 0 Å². The summed E-state index contributed by atoms with van der Waals surface area (Å²) in [6.07, 6.45) is 2.21. The number of likely N-dealkylation sites (N-methyl/N-ethyl adjacent to an activating group) is 1. The zero-order valence-electron chi connectivity index (χ0n) is 19.5. The molecule has 0 saturated carbocycles. The van der Waals surface area contributed by atoms with Crippen molar-refractivity contribution >= 4 is 33.5 Å². The van der Waals surface area contributed by atoms with E-state index in [-0.39, 0.29) is 18.7 Å². The van der Waals surface area contributed by atoms with Crippen molar-refractivity contribution in [2.24, 2.45) is 5.73 Å². The smallest absolute Gasteiger partial charge is 0.276 e. The molecule has 0 aliphatic carbocycles. The summed E-state index contributed by atoms with van der Waals surface area (Å²) in [5.74, 6) is -1.88. The van der Waals surface area contributed by atoms with Crippen LogP contribution in [0.2, 0.25) is 0 Å². The monoisotopic (exact) mass is 496 g/mol. The van der Waals surface area contributed by atoms with Crippen molar-refractivity contribution in [2.75, 3.05) is 26.0 Å². The van der Waals surface area contributed by atoms with E-state index in [1.54, 1.807) is 11.9 Å². The van der Waals surface area contributed by atoms with Gasteiger partial charge in [-0.05, 0) is 48.1 Å². The lowest BCUT2D eigenvalue weighted by Crippen LogP contribution is -2.46. The van der Waals surface area contributed by atoms with Gasteiger partial charge in [0.1, 0.15) is 12.4 Å². The second-order valence-corrected chi connectivity index (χ2v) is 9.58. The van der Waals surface area contributed by atoms with E-state index in [1.165, 1.54) is 5.56 Å². The topological polar surface area (TPSA) is 55.6 Å². The molecule has 2 aliphatic rings. The van der Waals surface area contributed by atoms with Crippen LogP contribution in [0.25, 0.3) is 11.1 Å². The fourth-order valence-corrected chi connectivity index (χ4v) is 4.31. The predicted octanol–water partition coefficient (Wildman–Crippen LogP) is 3.89. The molecule has 2 heterocycles. The Labute approximate surface area is 203 Å². The number of aryl methyl sites for hydroxylation is 1. The first-order valence-corrected chi connectivity index (χ1v) is 12.3. The lowest BCUT2D eigenvalue weighted by Gasteiger charge is -2.24. The average Bonchev–Trinajstić information content (AvgIpc) is 2.91. The van der Waals surface area contributed by atoms with Gasteiger partial charge in [-0.3, -0.25) is 4.90 Å². The van der Waals surface area contributed by atoms with Gasteiger partial charge in [0.25, 0.3) is 5.92 Å². The van der Waals surface area contributed by atoms with Gasteiger partial charge in [0.15, 0.2) is 0 Å². The van der Waals surface area contributed by atoms with Crippen LogP contribution in [0, 0.1) is 6.92 Å². The van der Waals surface area contributed by atoms with E-state index in [9.17, 15) is 13.6 Å². The van der Waals surface area contributed by atoms with E-state index in [0.717, 1.165) is 47.1 Å². The van der Waals surface area contributed by atoms with Crippen molar-refractivity contribution in [1.82, 2.24) is 4.90 Å². The van der Waals surface area contributed by atoms with E-state index < -0.39 is 12.0 Å². The third kappa shape index (κ3) is 7.56. The molecular weight excluding hydrogens is 461 g/mol. The quantitative estimate of drug-likeness (QED) is 0.383. The van der Waals surface area contributed by atoms with Crippen LogP contribution in [-0.2, 0) is 16.0 Å². The first-order chi connectivity index (χ1) is 15.6. The number of hydrogen-bond donors (Lipinski definition) is 2. The summed E-state index contributed by atoms with van der Waals surface area (Å²) in [5.41, 5.74) is 10.3. The predicted molar refractivity (Wildman–Crippen MR) is 139 cm³/mol. The number of aldehydes is 1. The van der Waals surface area contributed by atoms with Gasteiger partial charge in [-0.1, -0.05) is 55.0 Å². The van der Waals surface area contributed by atoms with Crippen LogP contribution in [0.15, 0.2) is 42.5 Å². The average molecular weight is 497 g/mol. The highest BCUT2D eigenvalue weighted by molar-refractivity contribution is 7.80. The van der Waals surface area contributed by atoms with Crippen LogP contribution >= 0.6 is 21.9 Å². The Morgan fingerprint density at radius 2 is 1.94 bits per heavy atom. The van der Waals surface area contributed by atoms with Gasteiger partial charge in [0, 0.05) is 12.5 Å². The summed E-state index contributed by atoms with van der Waals surface area (Å²) in [6.45, 7) is 4.54. The molecule has 4 atom stereocenters. The first-order valence-electron chi connectivity index (χ1n) is 11.1. The molecule has 4 nitrogen and oxygen atoms in total. The molecule has 0 bridgehead atoms. The molecule has 0 radical (unpaired) electrons. The van der Waals surface area contributed by atoms with Crippen molar-refractivity contribution in [3.63, 3.8) is 0 Å². The number of carbonyl (C=O) groups is 1. The summed E-state index contributed by atoms with van der Waals surface area (Å²) in [4.78, 5) is 11.3. The third-order valence-corrected chi connectivity index (χ3v) is 6.45. The Morgan fingerprint density at radius 1 is 1.30 bits per heavy atom. The van der Waals surface area contributed by atoms with Crippen LogP contribution < -0.4 is 11.0 Å². The molecule has 0 spiro atoms. The van der Waals surface area contributed by atoms with Gasteiger partial charge in [-0.25, -0.2) is 8.78 Å². The number of carbonyl (C=O) groups excluding carboxylic acids is 1. The molecular formula is C25H35F2N2O2PS. The summed E-state index contributed by atoms with van der Waals surface area (Å²) in [6, 6.07) is 12.9. The molecule has 182 valence electrons. The molecule has 4 rings (SSSR count). The van der Waals surface area contributed by atoms with Crippen molar-refractivity contribution in [2.45, 2.75) is 50.8 Å². The number of ether oxygens (including phenoxy) is 1. The Morgan fingerprint density at radius 3 is 2.39 bits per heavy atom. The maximum atomic E-state index is 13.9. The number of likely N-dealkylation sites (tertiary alicyclic amines) is 1. The Bertz CT molecular complexity index is 912. The van der Waals surface area contributed by atoms with Gasteiger partial charge < -0.3 is 15.3 Å². The zero-order chi connectivity index (χ0) is 24.6. The summed E-state index contributed by atoms with van der Waals surface area (Å²) in [5, 5.41) is 1.05. The highest BCUT2D eigenvalue weighted by Gasteiger charge is 2.50. The van der Waals surface area contributed by atoms with Crippen molar-refractivity contribution < 1.29 is 18.3 Å². The fourth-order valence-electron chi connectivity index (χ4n) is 3.84. The number of benzene rings is 2. The lowest BCUT2D eigenvalue weighted by molar-refractivity contribution is -0.129. The SMILES string of the molecule is CCS.Cc1cccc(-c2cccc(CC3C(N)C(F)(F)CN3C)c2P)c1.O=CC1CCO1. The van der Waals surface area contributed by atoms with E-state index >= 15 is 0 Å². The number of nitrogens with two attached hydrogens (primary N) is 1. The molecule has 2 aliphatic heterocycles. The molecule has 8 heteroatoms. The van der Waals surface area contributed by atoms with Gasteiger partial charge in [-0.15, -0.1) is 9.24 Å². The minimum atomic E-state index is -2.82. The highest BCUT2D eigenvalue weighted by atomic mass is 32.1. The zero-order valence-corrected chi connectivity index (χ0v) is 21.6. The molecule has 0 aromatic heterocycles. The van der Waals surface area contributed by atoms with E-state index in [4.69, 9.17) is 10.5 Å². The second kappa shape index (κ2) is 12.9. The lowest BCUT2D eigenvalue weighted by atomic mass is 9.95. The molecule has 2 aromatic rings. The number of hydrogen-bond acceptors (Lipinski definition) is 5. The Kier molecular flexibility index (Phi) is 10.9. The number of alkyl halides is 2. The second-order valence-electron chi connectivity index (χ2n) is 8.37. The standard InChI is InChI=1S/C19H23F2N2P.C4H6O2.C2H6S/c1-12-5-3-6-13(9-12)15-8-4-7-14(17(15)24)10-16-18(22)19(20,21)11-23(16)2;5-3-4-1-2-6-4;1-2-3/h3-9,16,18H,10-11,22,24H2,1-2H3;3-4H,1-2H2;3H,2H2,1H3. The first kappa shape index (κ1) is 27.9. The molecule has 2 saturated heterocycles. The Hall–Kier alpha value is -1.37. The molecule has 2 fully saturated rings. The van der Waals surface area contributed by atoms with E-state index in [0.29, 0.717) is 6.42 Å². The fraction of sp³-hybridized carbons (Fsp3) is 0.480. The Balaban J connectivity index is 0.000000360. The number of thiol groups is 1.